The van der Waals surface area contributed by atoms with E-state index >= 15 is 0 Å². The molecule has 0 aliphatic carbocycles. The van der Waals surface area contributed by atoms with E-state index in [0.29, 0.717) is 16.7 Å². The number of aliphatic hydroxyl groups is 2. The quantitative estimate of drug-likeness (QED) is 0.715. The zero-order chi connectivity index (χ0) is 17.5. The minimum atomic E-state index is -1.07. The van der Waals surface area contributed by atoms with Gasteiger partial charge in [0.1, 0.15) is 0 Å². The highest BCUT2D eigenvalue weighted by atomic mass is 16.4. The molecule has 2 rings (SSSR count). The molecule has 24 heavy (non-hydrogen) atoms. The van der Waals surface area contributed by atoms with Gasteiger partial charge in [-0.2, -0.15) is 0 Å². The Kier molecular flexibility index (Phi) is 6.06. The molecule has 0 aliphatic rings. The van der Waals surface area contributed by atoms with E-state index < -0.39 is 5.97 Å². The first-order valence-electron chi connectivity index (χ1n) is 7.53. The molecule has 0 aliphatic heterocycles. The van der Waals surface area contributed by atoms with Crippen molar-refractivity contribution in [2.24, 2.45) is 0 Å². The van der Waals surface area contributed by atoms with E-state index in [0.717, 1.165) is 0 Å². The monoisotopic (exact) mass is 329 g/mol. The van der Waals surface area contributed by atoms with Crippen LogP contribution in [0.5, 0.6) is 0 Å². The second-order valence-corrected chi connectivity index (χ2v) is 5.14. The van der Waals surface area contributed by atoms with Crippen LogP contribution in [0.4, 0.5) is 0 Å². The maximum Gasteiger partial charge on any atom is 0.336 e. The van der Waals surface area contributed by atoms with Gasteiger partial charge in [-0.05, 0) is 23.3 Å². The molecule has 2 aromatic carbocycles. The van der Waals surface area contributed by atoms with Crippen LogP contribution >= 0.6 is 0 Å². The number of hydrogen-bond donors (Lipinski definition) is 3. The van der Waals surface area contributed by atoms with Gasteiger partial charge in [-0.1, -0.05) is 36.4 Å². The highest BCUT2D eigenvalue weighted by molar-refractivity contribution is 6.04. The van der Waals surface area contributed by atoms with Gasteiger partial charge < -0.3 is 20.2 Å². The predicted molar refractivity (Wildman–Crippen MR) is 88.9 cm³/mol. The molecular weight excluding hydrogens is 310 g/mol. The van der Waals surface area contributed by atoms with Crippen molar-refractivity contribution in [1.29, 1.82) is 0 Å². The van der Waals surface area contributed by atoms with E-state index in [1.807, 2.05) is 0 Å². The molecule has 2 aromatic rings. The largest absolute Gasteiger partial charge is 0.478 e. The van der Waals surface area contributed by atoms with Gasteiger partial charge in [0.15, 0.2) is 0 Å². The number of nitrogens with zero attached hydrogens (tertiary/aromatic N) is 1. The summed E-state index contributed by atoms with van der Waals surface area (Å²) in [5.41, 5.74) is 1.38. The lowest BCUT2D eigenvalue weighted by atomic mass is 9.94. The molecule has 0 saturated heterocycles. The molecule has 0 unspecified atom stereocenters. The third-order valence-corrected chi connectivity index (χ3v) is 3.63. The average Bonchev–Trinajstić information content (AvgIpc) is 2.61. The summed E-state index contributed by atoms with van der Waals surface area (Å²) in [5.74, 6) is -1.44. The fraction of sp³-hybridized carbons (Fsp3) is 0.222. The molecule has 0 heterocycles. The van der Waals surface area contributed by atoms with Crippen molar-refractivity contribution in [2.75, 3.05) is 26.3 Å². The number of carboxylic acids is 1. The van der Waals surface area contributed by atoms with Crippen molar-refractivity contribution in [2.45, 2.75) is 0 Å². The van der Waals surface area contributed by atoms with Gasteiger partial charge in [0.25, 0.3) is 5.91 Å². The molecule has 0 bridgehead atoms. The fourth-order valence-electron chi connectivity index (χ4n) is 2.54. The van der Waals surface area contributed by atoms with Gasteiger partial charge in [0, 0.05) is 18.7 Å². The lowest BCUT2D eigenvalue weighted by Crippen LogP contribution is -2.36. The number of aromatic carboxylic acids is 1. The zero-order valence-corrected chi connectivity index (χ0v) is 13.1. The van der Waals surface area contributed by atoms with Crippen LogP contribution in [0, 0.1) is 0 Å². The molecule has 0 radical (unpaired) electrons. The summed E-state index contributed by atoms with van der Waals surface area (Å²) in [4.78, 5) is 25.5. The first-order valence-corrected chi connectivity index (χ1v) is 7.53. The third kappa shape index (κ3) is 3.79. The summed E-state index contributed by atoms with van der Waals surface area (Å²) < 4.78 is 0. The number of carbonyl (C=O) groups is 2. The SMILES string of the molecule is O=C(O)c1ccccc1-c1ccccc1C(=O)N(CCO)CCO. The van der Waals surface area contributed by atoms with Crippen LogP contribution in [0.15, 0.2) is 48.5 Å². The average molecular weight is 329 g/mol. The molecule has 0 atom stereocenters. The van der Waals surface area contributed by atoms with E-state index in [9.17, 15) is 14.7 Å². The summed E-state index contributed by atoms with van der Waals surface area (Å²) in [7, 11) is 0. The van der Waals surface area contributed by atoms with E-state index in [-0.39, 0.29) is 37.8 Å². The van der Waals surface area contributed by atoms with Crippen molar-refractivity contribution in [3.05, 3.63) is 59.7 Å². The Morgan fingerprint density at radius 2 is 1.25 bits per heavy atom. The highest BCUT2D eigenvalue weighted by Gasteiger charge is 2.21. The predicted octanol–water partition coefficient (Wildman–Crippen LogP) is 1.48. The second-order valence-electron chi connectivity index (χ2n) is 5.14. The van der Waals surface area contributed by atoms with Crippen LogP contribution in [-0.4, -0.2) is 58.4 Å². The number of amides is 1. The number of hydrogen-bond acceptors (Lipinski definition) is 4. The Bertz CT molecular complexity index is 723. The van der Waals surface area contributed by atoms with Crippen LogP contribution in [0.25, 0.3) is 11.1 Å². The third-order valence-electron chi connectivity index (χ3n) is 3.63. The maximum absolute atomic E-state index is 12.8. The lowest BCUT2D eigenvalue weighted by Gasteiger charge is -2.22. The summed E-state index contributed by atoms with van der Waals surface area (Å²) in [6.45, 7) is -0.262. The van der Waals surface area contributed by atoms with E-state index in [4.69, 9.17) is 10.2 Å². The van der Waals surface area contributed by atoms with Crippen LogP contribution in [0.3, 0.4) is 0 Å². The standard InChI is InChI=1S/C18H19NO5/c20-11-9-19(10-12-21)17(22)15-7-3-1-5-13(15)14-6-2-4-8-16(14)18(23)24/h1-8,20-21H,9-12H2,(H,23,24). The smallest absolute Gasteiger partial charge is 0.336 e. The highest BCUT2D eigenvalue weighted by Crippen LogP contribution is 2.28. The van der Waals surface area contributed by atoms with E-state index in [1.54, 1.807) is 42.5 Å². The molecule has 6 heteroatoms. The number of benzene rings is 2. The summed E-state index contributed by atoms with van der Waals surface area (Å²) in [6.07, 6.45) is 0. The Hall–Kier alpha value is -2.70. The number of aliphatic hydroxyl groups excluding tert-OH is 2. The Morgan fingerprint density at radius 1 is 0.792 bits per heavy atom. The van der Waals surface area contributed by atoms with Crippen molar-refractivity contribution in [1.82, 2.24) is 4.90 Å². The van der Waals surface area contributed by atoms with Gasteiger partial charge in [-0.3, -0.25) is 4.79 Å². The molecule has 0 saturated carbocycles. The van der Waals surface area contributed by atoms with Crippen molar-refractivity contribution < 1.29 is 24.9 Å². The van der Waals surface area contributed by atoms with E-state index in [2.05, 4.69) is 0 Å². The minimum absolute atomic E-state index is 0.0916. The first-order chi connectivity index (χ1) is 11.6. The van der Waals surface area contributed by atoms with Gasteiger partial charge >= 0.3 is 5.97 Å². The van der Waals surface area contributed by atoms with Crippen molar-refractivity contribution >= 4 is 11.9 Å². The Morgan fingerprint density at radius 3 is 1.75 bits per heavy atom. The number of rotatable bonds is 7. The molecule has 1 amide bonds. The summed E-state index contributed by atoms with van der Waals surface area (Å²) in [5, 5.41) is 27.6. The summed E-state index contributed by atoms with van der Waals surface area (Å²) >= 11 is 0. The molecule has 126 valence electrons. The van der Waals surface area contributed by atoms with Gasteiger partial charge in [-0.25, -0.2) is 4.79 Å². The molecular formula is C18H19NO5. The van der Waals surface area contributed by atoms with Crippen LogP contribution in [-0.2, 0) is 0 Å². The molecule has 0 fully saturated rings. The minimum Gasteiger partial charge on any atom is -0.478 e. The molecule has 3 N–H and O–H groups in total. The molecule has 0 spiro atoms. The molecule has 6 nitrogen and oxygen atoms in total. The Balaban J connectivity index is 2.52. The molecule has 0 aromatic heterocycles. The van der Waals surface area contributed by atoms with Crippen LogP contribution in [0.1, 0.15) is 20.7 Å². The van der Waals surface area contributed by atoms with Gasteiger partial charge in [0.2, 0.25) is 0 Å². The maximum atomic E-state index is 12.8. The van der Waals surface area contributed by atoms with Crippen molar-refractivity contribution in [3.63, 3.8) is 0 Å². The second kappa shape index (κ2) is 8.24. The van der Waals surface area contributed by atoms with Gasteiger partial charge in [-0.15, -0.1) is 0 Å². The van der Waals surface area contributed by atoms with Crippen LogP contribution in [0.2, 0.25) is 0 Å². The lowest BCUT2D eigenvalue weighted by molar-refractivity contribution is 0.0680. The first kappa shape index (κ1) is 17.7. The summed E-state index contributed by atoms with van der Waals surface area (Å²) in [6, 6.07) is 13.2. The number of carbonyl (C=O) groups excluding carboxylic acids is 1. The Labute approximate surface area is 139 Å². The normalized spacial score (nSPS) is 10.4. The van der Waals surface area contributed by atoms with Crippen molar-refractivity contribution in [3.8, 4) is 11.1 Å². The topological polar surface area (TPSA) is 98.1 Å². The fourth-order valence-corrected chi connectivity index (χ4v) is 2.54. The number of carboxylic acid groups (broad SMARTS) is 1. The van der Waals surface area contributed by atoms with Crippen LogP contribution < -0.4 is 0 Å². The van der Waals surface area contributed by atoms with Gasteiger partial charge in [0.05, 0.1) is 18.8 Å². The van der Waals surface area contributed by atoms with E-state index in [1.165, 1.54) is 11.0 Å². The zero-order valence-electron chi connectivity index (χ0n) is 13.1.